The lowest BCUT2D eigenvalue weighted by molar-refractivity contribution is -0.230. The maximum absolute atomic E-state index is 13.8. The number of aromatic nitrogens is 3. The summed E-state index contributed by atoms with van der Waals surface area (Å²) < 4.78 is 0. The number of H-pyrrole nitrogens is 2. The normalized spacial score (nSPS) is 33.7. The molecule has 0 amide bonds. The van der Waals surface area contributed by atoms with E-state index in [0.717, 1.165) is 82.9 Å². The Bertz CT molecular complexity index is 4440. The van der Waals surface area contributed by atoms with Crippen LogP contribution in [0.1, 0.15) is 183 Å². The zero-order valence-corrected chi connectivity index (χ0v) is 57.1. The van der Waals surface area contributed by atoms with Gasteiger partial charge in [0.15, 0.2) is 23.0 Å². The second kappa shape index (κ2) is 24.7. The molecule has 7 heterocycles. The van der Waals surface area contributed by atoms with Crippen molar-refractivity contribution in [2.45, 2.75) is 188 Å². The first-order valence-electron chi connectivity index (χ1n) is 37.9. The van der Waals surface area contributed by atoms with E-state index in [-0.39, 0.29) is 91.8 Å². The molecule has 5 saturated carbocycles. The maximum Gasteiger partial charge on any atom is 0.169 e. The number of nitrogens with one attached hydrogen (secondary N) is 5. The zero-order chi connectivity index (χ0) is 66.8. The molecule has 19 rings (SSSR count). The van der Waals surface area contributed by atoms with E-state index in [0.29, 0.717) is 58.6 Å². The first-order valence-corrected chi connectivity index (χ1v) is 37.9. The molecule has 15 unspecified atom stereocenters. The molecular weight excluding hydrogens is 1220 g/mol. The fourth-order valence-corrected chi connectivity index (χ4v) is 24.5. The number of hydrogen-bond donors (Lipinski definition) is 11. The molecule has 0 radical (unpaired) electrons. The van der Waals surface area contributed by atoms with Gasteiger partial charge in [0.05, 0.1) is 17.8 Å². The molecule has 12 heteroatoms. The predicted molar refractivity (Wildman–Crippen MR) is 391 cm³/mol. The molecule has 99 heavy (non-hydrogen) atoms. The Morgan fingerprint density at radius 3 is 2.33 bits per heavy atom. The molecule has 11 N–H and O–H groups in total. The fraction of sp³-hybridized carbons (Fsp3) is 0.460. The third kappa shape index (κ3) is 10.2. The number of hydrogen-bond acceptors (Lipinski definition) is 10. The van der Waals surface area contributed by atoms with Crippen LogP contribution >= 0.6 is 0 Å². The number of fused-ring (bicyclic) bond motifs is 6. The molecule has 6 aromatic carbocycles. The van der Waals surface area contributed by atoms with Crippen molar-refractivity contribution in [3.05, 3.63) is 225 Å². The largest absolute Gasteiger partial charge is 0.507 e. The number of phenolic OH excluding ortho intramolecular Hbond substituents is 5. The van der Waals surface area contributed by atoms with Crippen LogP contribution in [0.25, 0.3) is 22.9 Å². The summed E-state index contributed by atoms with van der Waals surface area (Å²) in [5.74, 6) is 0.491. The topological polar surface area (TPSA) is 202 Å². The van der Waals surface area contributed by atoms with Crippen LogP contribution in [-0.2, 0) is 42.9 Å². The number of phenols is 5. The number of imidazole rings is 1. The number of aromatic amines is 2. The van der Waals surface area contributed by atoms with Crippen LogP contribution in [0.3, 0.4) is 0 Å². The number of nitrogens with zero attached hydrogens (tertiary/aromatic N) is 1. The average Bonchev–Trinajstić information content (AvgIpc) is 1.27. The van der Waals surface area contributed by atoms with Gasteiger partial charge in [-0.3, -0.25) is 0 Å². The quantitative estimate of drug-likeness (QED) is 0.0395. The minimum Gasteiger partial charge on any atom is -0.507 e. The van der Waals surface area contributed by atoms with Gasteiger partial charge in [-0.25, -0.2) is 4.98 Å². The first-order chi connectivity index (χ1) is 48.3. The van der Waals surface area contributed by atoms with Gasteiger partial charge < -0.3 is 56.6 Å². The molecule has 6 aliphatic carbocycles. The van der Waals surface area contributed by atoms with E-state index in [9.17, 15) is 30.6 Å². The molecule has 4 spiro atoms. The first kappa shape index (κ1) is 63.3. The number of benzene rings is 6. The van der Waals surface area contributed by atoms with E-state index in [1.807, 2.05) is 18.5 Å². The number of aromatic hydroxyl groups is 5. The molecule has 5 aliphatic heterocycles. The van der Waals surface area contributed by atoms with Gasteiger partial charge in [-0.1, -0.05) is 153 Å². The van der Waals surface area contributed by atoms with E-state index >= 15 is 0 Å². The van der Waals surface area contributed by atoms with E-state index in [4.69, 9.17) is 10.3 Å². The summed E-state index contributed by atoms with van der Waals surface area (Å²) in [6.45, 7) is 1.73. The Labute approximate surface area is 582 Å². The lowest BCUT2D eigenvalue weighted by Gasteiger charge is -2.76. The van der Waals surface area contributed by atoms with Crippen molar-refractivity contribution in [1.82, 2.24) is 30.9 Å². The molecular formula is C87H98N6O6. The third-order valence-electron chi connectivity index (χ3n) is 28.6. The Kier molecular flexibility index (Phi) is 15.8. The number of aliphatic hydroxyl groups excluding tert-OH is 1. The second-order valence-electron chi connectivity index (χ2n) is 32.8. The molecule has 512 valence electrons. The molecule has 12 nitrogen and oxygen atoms in total. The van der Waals surface area contributed by atoms with E-state index in [1.165, 1.54) is 122 Å². The maximum atomic E-state index is 13.8. The van der Waals surface area contributed by atoms with Crippen molar-refractivity contribution < 1.29 is 30.6 Å². The van der Waals surface area contributed by atoms with Crippen molar-refractivity contribution in [2.75, 3.05) is 13.1 Å². The van der Waals surface area contributed by atoms with E-state index in [2.05, 4.69) is 136 Å². The van der Waals surface area contributed by atoms with E-state index < -0.39 is 11.5 Å². The predicted octanol–water partition coefficient (Wildman–Crippen LogP) is 15.9. The number of piperidine rings is 2. The summed E-state index contributed by atoms with van der Waals surface area (Å²) in [6.07, 6.45) is 40.9. The van der Waals surface area contributed by atoms with Crippen LogP contribution < -0.4 is 16.0 Å². The van der Waals surface area contributed by atoms with Gasteiger partial charge in [-0.05, 0) is 247 Å². The number of rotatable bonds is 8. The van der Waals surface area contributed by atoms with Crippen molar-refractivity contribution in [2.24, 2.45) is 45.8 Å². The molecule has 2 saturated heterocycles. The minimum atomic E-state index is -0.618. The molecule has 7 fully saturated rings. The van der Waals surface area contributed by atoms with Crippen molar-refractivity contribution in [1.29, 1.82) is 0 Å². The Morgan fingerprint density at radius 2 is 1.48 bits per heavy atom. The van der Waals surface area contributed by atoms with Crippen molar-refractivity contribution >= 4 is 22.9 Å². The van der Waals surface area contributed by atoms with Gasteiger partial charge in [0.1, 0.15) is 5.75 Å². The van der Waals surface area contributed by atoms with Gasteiger partial charge in [0, 0.05) is 77.3 Å². The summed E-state index contributed by atoms with van der Waals surface area (Å²) in [5, 5.41) is 83.1. The van der Waals surface area contributed by atoms with Crippen LogP contribution in [-0.4, -0.2) is 82.9 Å². The van der Waals surface area contributed by atoms with Crippen LogP contribution in [0.15, 0.2) is 164 Å². The Balaban J connectivity index is 0.788. The highest BCUT2D eigenvalue weighted by atomic mass is 16.3. The average molecular weight is 1320 g/mol. The monoisotopic (exact) mass is 1320 g/mol. The summed E-state index contributed by atoms with van der Waals surface area (Å²) in [7, 11) is 0. The number of aliphatic hydroxyl groups is 1. The second-order valence-corrected chi connectivity index (χ2v) is 32.8. The lowest BCUT2D eigenvalue weighted by atomic mass is 9.30. The van der Waals surface area contributed by atoms with Crippen LogP contribution in [0.5, 0.6) is 28.7 Å². The van der Waals surface area contributed by atoms with E-state index in [1.54, 1.807) is 23.8 Å². The SMILES string of the molecule is Oc1ccc(C=Cc2c(CCc3ccc(C4CC56CC7NC(C5)C(c5ccccc5)C=C7CNCCc5c[nH]c(c5)CCC5(CCCCC5)c5cccc(c5)CC5CCC7CC6C(N4)C4(c6cnc[nH]6)C6C(O)C=CC8CCCC86CCC574)cc3)c(O)c(O)c3c(O)cccc23)cc1O. The van der Waals surface area contributed by atoms with Crippen LogP contribution in [0, 0.1) is 45.8 Å². The van der Waals surface area contributed by atoms with Gasteiger partial charge in [0.25, 0.3) is 0 Å². The van der Waals surface area contributed by atoms with Gasteiger partial charge in [-0.15, -0.1) is 0 Å². The number of aryl methyl sites for hydroxylation is 2. The number of allylic oxidation sites excluding steroid dienone is 1. The minimum absolute atomic E-state index is 0.00174. The van der Waals surface area contributed by atoms with Crippen molar-refractivity contribution in [3.8, 4) is 28.7 Å². The zero-order valence-electron chi connectivity index (χ0n) is 57.1. The summed E-state index contributed by atoms with van der Waals surface area (Å²) in [6, 6.07) is 43.4. The van der Waals surface area contributed by atoms with Crippen LogP contribution in [0.4, 0.5) is 0 Å². The highest BCUT2D eigenvalue weighted by Crippen LogP contribution is 2.81. The van der Waals surface area contributed by atoms with Gasteiger partial charge in [-0.2, -0.15) is 0 Å². The molecule has 11 aliphatic rings. The lowest BCUT2D eigenvalue weighted by Crippen LogP contribution is -2.79. The summed E-state index contributed by atoms with van der Waals surface area (Å²) >= 11 is 0. The fourth-order valence-electron chi connectivity index (χ4n) is 24.5. The Hall–Kier alpha value is -7.87. The van der Waals surface area contributed by atoms with Crippen LogP contribution in [0.2, 0.25) is 0 Å². The summed E-state index contributed by atoms with van der Waals surface area (Å²) in [5.41, 5.74) is 13.4. The highest BCUT2D eigenvalue weighted by molar-refractivity contribution is 6.03. The van der Waals surface area contributed by atoms with Gasteiger partial charge in [0.2, 0.25) is 0 Å². The standard InChI is InChI=1S/C87H98N6O6/c94-73-29-21-54(43-76(73)97)20-27-65-66-15-8-16-74(95)78(66)80(99)79(98)67(65)28-19-53-17-22-58(23-18-53)70-46-84-47-71-59(44-68(72(48-84)92-71)57-11-3-1-4-12-57)50-88-39-32-56-42-64(90-49-56)31-36-83(33-5-2-6-34-83)61-13-7-10-55(40-61)41-62-24-25-63-45-69(84)82(93-70)87(77-51-89-52-91-77)81-75(96)30-26-60-14-9-35-85(60,81)37-38-86(62,63)87/h1,3-4,7-8,10-13,15-18,20-23,26-27,29-30,40,42-44,49,51-52,60,62-63,68-72,75,81-82,88,90,92-99H,2,5-6,9,14,19,24-25,28,31-39,41,45-48,50H2,(H,89,91). The molecule has 2 aromatic heterocycles. The highest BCUT2D eigenvalue weighted by Gasteiger charge is 2.80. The van der Waals surface area contributed by atoms with Gasteiger partial charge >= 0.3 is 0 Å². The van der Waals surface area contributed by atoms with Crippen molar-refractivity contribution in [3.63, 3.8) is 0 Å². The molecule has 8 aromatic rings. The third-order valence-corrected chi connectivity index (χ3v) is 28.6. The molecule has 15 atom stereocenters. The molecule has 12 bridgehead atoms. The smallest absolute Gasteiger partial charge is 0.169 e. The summed E-state index contributed by atoms with van der Waals surface area (Å²) in [4.78, 5) is 13.0. The Morgan fingerprint density at radius 1 is 0.636 bits per heavy atom.